The number of hydrogen-bond acceptors (Lipinski definition) is 2. The van der Waals surface area contributed by atoms with Gasteiger partial charge in [0.05, 0.1) is 0 Å². The quantitative estimate of drug-likeness (QED) is 0.624. The Balaban J connectivity index is 2.20. The van der Waals surface area contributed by atoms with Crippen molar-refractivity contribution in [1.29, 1.82) is 0 Å². The van der Waals surface area contributed by atoms with Crippen LogP contribution in [0.1, 0.15) is 37.5 Å². The second kappa shape index (κ2) is 6.41. The van der Waals surface area contributed by atoms with E-state index in [1.807, 2.05) is 19.1 Å². The fourth-order valence-electron chi connectivity index (χ4n) is 2.98. The Morgan fingerprint density at radius 1 is 0.826 bits per heavy atom. The van der Waals surface area contributed by atoms with Crippen LogP contribution in [0.3, 0.4) is 0 Å². The van der Waals surface area contributed by atoms with Crippen LogP contribution in [0.25, 0.3) is 22.1 Å². The molecule has 0 bridgehead atoms. The monoisotopic (exact) mass is 306 g/mol. The van der Waals surface area contributed by atoms with E-state index in [2.05, 4.69) is 44.2 Å². The molecule has 0 aliphatic heterocycles. The number of rotatable bonds is 4. The first kappa shape index (κ1) is 15.5. The number of hydrogen-bond donors (Lipinski definition) is 0. The summed E-state index contributed by atoms with van der Waals surface area (Å²) in [6, 6.07) is 14.8. The van der Waals surface area contributed by atoms with Crippen LogP contribution in [0.5, 0.6) is 0 Å². The van der Waals surface area contributed by atoms with Crippen molar-refractivity contribution >= 4 is 11.0 Å². The maximum atomic E-state index is 12.0. The molecular formula is C21H22O2. The summed E-state index contributed by atoms with van der Waals surface area (Å²) in [6.45, 7) is 6.29. The second-order valence-corrected chi connectivity index (χ2v) is 5.86. The Hall–Kier alpha value is -2.35. The fourth-order valence-corrected chi connectivity index (χ4v) is 2.98. The van der Waals surface area contributed by atoms with E-state index in [0.717, 1.165) is 29.4 Å². The molecule has 118 valence electrons. The molecule has 0 N–H and O–H groups in total. The summed E-state index contributed by atoms with van der Waals surface area (Å²) in [7, 11) is 0. The molecule has 0 saturated heterocycles. The molecule has 0 fully saturated rings. The average molecular weight is 306 g/mol. The second-order valence-electron chi connectivity index (χ2n) is 5.86. The molecule has 1 heterocycles. The lowest BCUT2D eigenvalue weighted by atomic mass is 9.95. The van der Waals surface area contributed by atoms with E-state index >= 15 is 0 Å². The Bertz CT molecular complexity index is 886. The number of aryl methyl sites for hydroxylation is 3. The van der Waals surface area contributed by atoms with E-state index in [-0.39, 0.29) is 5.63 Å². The highest BCUT2D eigenvalue weighted by Gasteiger charge is 2.10. The van der Waals surface area contributed by atoms with Gasteiger partial charge >= 0.3 is 5.63 Å². The van der Waals surface area contributed by atoms with Crippen molar-refractivity contribution in [3.05, 3.63) is 69.6 Å². The third-order valence-corrected chi connectivity index (χ3v) is 4.47. The predicted octanol–water partition coefficient (Wildman–Crippen LogP) is 5.15. The van der Waals surface area contributed by atoms with Crippen molar-refractivity contribution in [3.8, 4) is 11.1 Å². The van der Waals surface area contributed by atoms with Gasteiger partial charge in [-0.15, -0.1) is 0 Å². The van der Waals surface area contributed by atoms with Gasteiger partial charge in [0.25, 0.3) is 0 Å². The maximum absolute atomic E-state index is 12.0. The molecule has 3 aromatic rings. The van der Waals surface area contributed by atoms with Gasteiger partial charge in [-0.1, -0.05) is 45.0 Å². The molecule has 0 radical (unpaired) electrons. The smallest absolute Gasteiger partial charge is 0.339 e. The molecule has 23 heavy (non-hydrogen) atoms. The molecule has 0 amide bonds. The Morgan fingerprint density at radius 2 is 1.48 bits per heavy atom. The summed E-state index contributed by atoms with van der Waals surface area (Å²) >= 11 is 0. The minimum absolute atomic E-state index is 0.225. The molecule has 3 rings (SSSR count). The van der Waals surface area contributed by atoms with Gasteiger partial charge in [-0.2, -0.15) is 0 Å². The zero-order valence-corrected chi connectivity index (χ0v) is 14.0. The first-order chi connectivity index (χ1) is 11.2. The van der Waals surface area contributed by atoms with Gasteiger partial charge in [0.1, 0.15) is 5.58 Å². The summed E-state index contributed by atoms with van der Waals surface area (Å²) in [4.78, 5) is 12.0. The van der Waals surface area contributed by atoms with E-state index in [9.17, 15) is 4.79 Å². The minimum Gasteiger partial charge on any atom is -0.423 e. The van der Waals surface area contributed by atoms with Crippen molar-refractivity contribution in [1.82, 2.24) is 0 Å². The van der Waals surface area contributed by atoms with Gasteiger partial charge in [-0.25, -0.2) is 4.79 Å². The van der Waals surface area contributed by atoms with Crippen LogP contribution < -0.4 is 5.63 Å². The molecule has 2 aromatic carbocycles. The highest BCUT2D eigenvalue weighted by Crippen LogP contribution is 2.29. The molecule has 0 atom stereocenters. The third kappa shape index (κ3) is 2.94. The average Bonchev–Trinajstić information content (AvgIpc) is 2.60. The summed E-state index contributed by atoms with van der Waals surface area (Å²) < 4.78 is 5.53. The molecule has 0 aliphatic rings. The highest BCUT2D eigenvalue weighted by molar-refractivity contribution is 5.85. The summed E-state index contributed by atoms with van der Waals surface area (Å²) in [5.74, 6) is 0. The fraction of sp³-hybridized carbons (Fsp3) is 0.286. The molecule has 0 unspecified atom stereocenters. The van der Waals surface area contributed by atoms with Crippen molar-refractivity contribution in [3.63, 3.8) is 0 Å². The van der Waals surface area contributed by atoms with Crippen LogP contribution in [-0.2, 0) is 19.3 Å². The van der Waals surface area contributed by atoms with E-state index in [4.69, 9.17) is 4.42 Å². The van der Waals surface area contributed by atoms with Crippen LogP contribution in [0, 0.1) is 0 Å². The van der Waals surface area contributed by atoms with Crippen LogP contribution in [0.2, 0.25) is 0 Å². The highest BCUT2D eigenvalue weighted by atomic mass is 16.4. The van der Waals surface area contributed by atoms with E-state index in [1.54, 1.807) is 0 Å². The van der Waals surface area contributed by atoms with Crippen LogP contribution >= 0.6 is 0 Å². The molecule has 1 aromatic heterocycles. The molecule has 2 heteroatoms. The van der Waals surface area contributed by atoms with Gasteiger partial charge in [-0.3, -0.25) is 0 Å². The lowest BCUT2D eigenvalue weighted by Gasteiger charge is -2.11. The lowest BCUT2D eigenvalue weighted by molar-refractivity contribution is 0.551. The van der Waals surface area contributed by atoms with Gasteiger partial charge in [0.15, 0.2) is 0 Å². The van der Waals surface area contributed by atoms with E-state index < -0.39 is 0 Å². The number of fused-ring (bicyclic) bond motifs is 1. The van der Waals surface area contributed by atoms with Crippen LogP contribution in [-0.4, -0.2) is 0 Å². The number of benzene rings is 2. The molecule has 0 aliphatic carbocycles. The molecule has 0 spiro atoms. The minimum atomic E-state index is -0.225. The van der Waals surface area contributed by atoms with Gasteiger partial charge in [-0.05, 0) is 59.7 Å². The van der Waals surface area contributed by atoms with Crippen LogP contribution in [0.4, 0.5) is 0 Å². The van der Waals surface area contributed by atoms with Crippen LogP contribution in [0.15, 0.2) is 51.7 Å². The summed E-state index contributed by atoms with van der Waals surface area (Å²) in [5.41, 5.74) is 6.10. The standard InChI is InChI=1S/C21H22O2/c1-4-14-7-9-17(10-8-14)19-13-20-18(11-15(19)5-2)12-16(6-3)21(22)23-20/h7-13H,4-6H2,1-3H3. The van der Waals surface area contributed by atoms with Crippen molar-refractivity contribution in [2.45, 2.75) is 40.0 Å². The predicted molar refractivity (Wildman–Crippen MR) is 96.1 cm³/mol. The van der Waals surface area contributed by atoms with Gasteiger partial charge in [0.2, 0.25) is 0 Å². The first-order valence-corrected chi connectivity index (χ1v) is 8.35. The zero-order valence-electron chi connectivity index (χ0n) is 14.0. The first-order valence-electron chi connectivity index (χ1n) is 8.35. The molecule has 0 saturated carbocycles. The zero-order chi connectivity index (χ0) is 16.4. The maximum Gasteiger partial charge on any atom is 0.339 e. The van der Waals surface area contributed by atoms with E-state index in [0.29, 0.717) is 12.0 Å². The van der Waals surface area contributed by atoms with Crippen molar-refractivity contribution in [2.75, 3.05) is 0 Å². The lowest BCUT2D eigenvalue weighted by Crippen LogP contribution is -2.05. The Labute approximate surface area is 136 Å². The Kier molecular flexibility index (Phi) is 4.33. The van der Waals surface area contributed by atoms with Crippen molar-refractivity contribution in [2.24, 2.45) is 0 Å². The van der Waals surface area contributed by atoms with Gasteiger partial charge < -0.3 is 4.42 Å². The summed E-state index contributed by atoms with van der Waals surface area (Å²) in [5, 5.41) is 1.01. The Morgan fingerprint density at radius 3 is 2.09 bits per heavy atom. The molecule has 2 nitrogen and oxygen atoms in total. The summed E-state index contributed by atoms with van der Waals surface area (Å²) in [6.07, 6.45) is 2.68. The van der Waals surface area contributed by atoms with E-state index in [1.165, 1.54) is 16.7 Å². The van der Waals surface area contributed by atoms with Crippen molar-refractivity contribution < 1.29 is 4.42 Å². The normalized spacial score (nSPS) is 11.1. The third-order valence-electron chi connectivity index (χ3n) is 4.47. The topological polar surface area (TPSA) is 30.2 Å². The van der Waals surface area contributed by atoms with Gasteiger partial charge in [0, 0.05) is 10.9 Å². The SMILES string of the molecule is CCc1ccc(-c2cc3oc(=O)c(CC)cc3cc2CC)cc1. The largest absolute Gasteiger partial charge is 0.423 e. The molecular weight excluding hydrogens is 284 g/mol.